The number of carbonyl (C=O) groups excluding carboxylic acids is 2. The number of nitrogens with zero attached hydrogens (tertiary/aromatic N) is 3. The number of hydrogen-bond acceptors (Lipinski definition) is 7. The summed E-state index contributed by atoms with van der Waals surface area (Å²) in [6.45, 7) is 6.02. The van der Waals surface area contributed by atoms with E-state index in [4.69, 9.17) is 25.4 Å². The van der Waals surface area contributed by atoms with Gasteiger partial charge >= 0.3 is 0 Å². The van der Waals surface area contributed by atoms with E-state index < -0.39 is 6.29 Å². The van der Waals surface area contributed by atoms with E-state index in [1.807, 2.05) is 23.1 Å². The first kappa shape index (κ1) is 33.6. The lowest BCUT2D eigenvalue weighted by Gasteiger charge is -2.47. The molecule has 238 valence electrons. The van der Waals surface area contributed by atoms with Gasteiger partial charge in [-0.25, -0.2) is 0 Å². The predicted octanol–water partition coefficient (Wildman–Crippen LogP) is 3.24. The molecule has 0 atom stereocenters. The highest BCUT2D eigenvalue weighted by molar-refractivity contribution is 5.94. The van der Waals surface area contributed by atoms with Crippen LogP contribution in [0.25, 0.3) is 0 Å². The van der Waals surface area contributed by atoms with Crippen molar-refractivity contribution in [3.8, 4) is 12.3 Å². The maximum absolute atomic E-state index is 13.2. The maximum Gasteiger partial charge on any atom is 0.254 e. The van der Waals surface area contributed by atoms with E-state index in [1.54, 1.807) is 32.2 Å². The average Bonchev–Trinajstić information content (AvgIpc) is 3.06. The fourth-order valence-corrected chi connectivity index (χ4v) is 5.87. The summed E-state index contributed by atoms with van der Waals surface area (Å²) in [7, 11) is 4.86. The van der Waals surface area contributed by atoms with E-state index in [0.717, 1.165) is 50.9 Å². The molecule has 0 radical (unpaired) electrons. The van der Waals surface area contributed by atoms with Crippen LogP contribution in [-0.2, 0) is 36.6 Å². The number of likely N-dealkylation sites (N-methyl/N-ethyl adjacent to an activating group) is 1. The van der Waals surface area contributed by atoms with Gasteiger partial charge in [0.25, 0.3) is 5.91 Å². The minimum atomic E-state index is -0.429. The van der Waals surface area contributed by atoms with Crippen LogP contribution in [0.5, 0.6) is 0 Å². The summed E-state index contributed by atoms with van der Waals surface area (Å²) >= 11 is 0. The third kappa shape index (κ3) is 9.62. The lowest BCUT2D eigenvalue weighted by atomic mass is 9.89. The summed E-state index contributed by atoms with van der Waals surface area (Å²) in [5.41, 5.74) is 3.63. The van der Waals surface area contributed by atoms with Crippen LogP contribution in [0.15, 0.2) is 48.5 Å². The quantitative estimate of drug-likeness (QED) is 0.186. The molecule has 0 unspecified atom stereocenters. The summed E-state index contributed by atoms with van der Waals surface area (Å²) in [6.07, 6.45) is 9.04. The minimum Gasteiger partial charge on any atom is -0.381 e. The van der Waals surface area contributed by atoms with E-state index in [9.17, 15) is 9.59 Å². The number of benzene rings is 2. The molecule has 0 aliphatic carbocycles. The van der Waals surface area contributed by atoms with Gasteiger partial charge in [-0.05, 0) is 55.0 Å². The molecule has 2 heterocycles. The van der Waals surface area contributed by atoms with Crippen LogP contribution < -0.4 is 0 Å². The number of rotatable bonds is 14. The standard InChI is InChI=1S/C35H47N3O6/c1-5-28-8-7-11-31(25-28)34(40)38-20-23-44-35(27-38)15-18-37(19-16-35)17-12-29-9-6-10-30(24-29)13-21-43-22-14-32(39)36(2)26-33(41-3)42-4/h1,6-11,24-25,33H,12-23,26-27H2,2-4H3. The number of piperidine rings is 1. The first-order valence-corrected chi connectivity index (χ1v) is 15.5. The van der Waals surface area contributed by atoms with E-state index in [0.29, 0.717) is 51.4 Å². The summed E-state index contributed by atoms with van der Waals surface area (Å²) in [4.78, 5) is 31.5. The molecular formula is C35H47N3O6. The zero-order valence-corrected chi connectivity index (χ0v) is 26.5. The Bertz CT molecular complexity index is 1270. The number of terminal acetylenes is 1. The molecule has 9 heteroatoms. The molecule has 0 saturated carbocycles. The number of hydrogen-bond donors (Lipinski definition) is 0. The Morgan fingerprint density at radius 3 is 2.48 bits per heavy atom. The van der Waals surface area contributed by atoms with Crippen molar-refractivity contribution >= 4 is 11.8 Å². The van der Waals surface area contributed by atoms with Gasteiger partial charge in [-0.15, -0.1) is 6.42 Å². The summed E-state index contributed by atoms with van der Waals surface area (Å²) < 4.78 is 22.4. The van der Waals surface area contributed by atoms with Gasteiger partial charge in [0.05, 0.1) is 44.9 Å². The monoisotopic (exact) mass is 605 g/mol. The molecule has 1 spiro atoms. The van der Waals surface area contributed by atoms with Crippen LogP contribution in [0, 0.1) is 12.3 Å². The molecule has 2 amide bonds. The van der Waals surface area contributed by atoms with Gasteiger partial charge in [0.2, 0.25) is 5.91 Å². The Morgan fingerprint density at radius 2 is 1.75 bits per heavy atom. The highest BCUT2D eigenvalue weighted by atomic mass is 16.7. The molecule has 0 bridgehead atoms. The number of amides is 2. The van der Waals surface area contributed by atoms with Crippen molar-refractivity contribution in [1.82, 2.24) is 14.7 Å². The highest BCUT2D eigenvalue weighted by Gasteiger charge is 2.41. The van der Waals surface area contributed by atoms with E-state index >= 15 is 0 Å². The van der Waals surface area contributed by atoms with Crippen molar-refractivity contribution in [3.63, 3.8) is 0 Å². The van der Waals surface area contributed by atoms with Crippen molar-refractivity contribution in [2.75, 3.05) is 80.4 Å². The Morgan fingerprint density at radius 1 is 1.02 bits per heavy atom. The number of ether oxygens (including phenoxy) is 4. The second kappa shape index (κ2) is 16.7. The lowest BCUT2D eigenvalue weighted by Crippen LogP contribution is -2.58. The summed E-state index contributed by atoms with van der Waals surface area (Å²) in [5, 5.41) is 0. The Labute approximate surface area is 262 Å². The largest absolute Gasteiger partial charge is 0.381 e. The van der Waals surface area contributed by atoms with Crippen LogP contribution in [0.1, 0.15) is 46.3 Å². The zero-order valence-electron chi connectivity index (χ0n) is 26.5. The maximum atomic E-state index is 13.2. The van der Waals surface area contributed by atoms with Crippen LogP contribution in [-0.4, -0.2) is 119 Å². The van der Waals surface area contributed by atoms with Gasteiger partial charge in [0.1, 0.15) is 0 Å². The number of morpholine rings is 1. The third-order valence-electron chi connectivity index (χ3n) is 8.66. The average molecular weight is 606 g/mol. The van der Waals surface area contributed by atoms with Gasteiger partial charge in [-0.3, -0.25) is 9.59 Å². The SMILES string of the molecule is C#Cc1cccc(C(=O)N2CCOC3(CCN(CCc4cccc(CCOCCC(=O)N(C)CC(OC)OC)c4)CC3)C2)c1. The summed E-state index contributed by atoms with van der Waals surface area (Å²) in [5.74, 6) is 2.64. The predicted molar refractivity (Wildman–Crippen MR) is 169 cm³/mol. The zero-order chi connectivity index (χ0) is 31.4. The Balaban J connectivity index is 1.15. The summed E-state index contributed by atoms with van der Waals surface area (Å²) in [6, 6.07) is 16.0. The van der Waals surface area contributed by atoms with Gasteiger partial charge in [-0.1, -0.05) is 36.3 Å². The molecule has 2 aliphatic heterocycles. The van der Waals surface area contributed by atoms with Gasteiger partial charge < -0.3 is 33.6 Å². The van der Waals surface area contributed by atoms with Crippen molar-refractivity contribution in [2.45, 2.75) is 44.0 Å². The highest BCUT2D eigenvalue weighted by Crippen LogP contribution is 2.31. The van der Waals surface area contributed by atoms with Crippen LogP contribution >= 0.6 is 0 Å². The fraction of sp³-hybridized carbons (Fsp3) is 0.543. The van der Waals surface area contributed by atoms with Crippen molar-refractivity contribution in [2.24, 2.45) is 0 Å². The Hall–Kier alpha value is -3.26. The molecule has 2 aliphatic rings. The van der Waals surface area contributed by atoms with Crippen molar-refractivity contribution in [1.29, 1.82) is 0 Å². The van der Waals surface area contributed by atoms with Gasteiger partial charge in [-0.2, -0.15) is 0 Å². The molecule has 2 aromatic carbocycles. The molecule has 0 aromatic heterocycles. The molecule has 4 rings (SSSR count). The molecule has 44 heavy (non-hydrogen) atoms. The van der Waals surface area contributed by atoms with Crippen LogP contribution in [0.2, 0.25) is 0 Å². The number of likely N-dealkylation sites (tertiary alicyclic amines) is 1. The molecule has 2 saturated heterocycles. The van der Waals surface area contributed by atoms with E-state index in [-0.39, 0.29) is 17.4 Å². The number of methoxy groups -OCH3 is 2. The molecular weight excluding hydrogens is 558 g/mol. The molecule has 0 N–H and O–H groups in total. The third-order valence-corrected chi connectivity index (χ3v) is 8.66. The molecule has 9 nitrogen and oxygen atoms in total. The first-order chi connectivity index (χ1) is 21.3. The molecule has 2 fully saturated rings. The van der Waals surface area contributed by atoms with Crippen molar-refractivity contribution in [3.05, 3.63) is 70.8 Å². The van der Waals surface area contributed by atoms with Crippen LogP contribution in [0.4, 0.5) is 0 Å². The van der Waals surface area contributed by atoms with Gasteiger partial charge in [0.15, 0.2) is 6.29 Å². The minimum absolute atomic E-state index is 0.00183. The van der Waals surface area contributed by atoms with Gasteiger partial charge in [0, 0.05) is 58.6 Å². The van der Waals surface area contributed by atoms with Crippen LogP contribution in [0.3, 0.4) is 0 Å². The lowest BCUT2D eigenvalue weighted by molar-refractivity contribution is -0.143. The second-order valence-electron chi connectivity index (χ2n) is 11.7. The van der Waals surface area contributed by atoms with E-state index in [2.05, 4.69) is 35.1 Å². The van der Waals surface area contributed by atoms with Crippen molar-refractivity contribution < 1.29 is 28.5 Å². The second-order valence-corrected chi connectivity index (χ2v) is 11.7. The molecule has 2 aromatic rings. The fourth-order valence-electron chi connectivity index (χ4n) is 5.87. The normalized spacial score (nSPS) is 16.7. The number of carbonyl (C=O) groups is 2. The topological polar surface area (TPSA) is 80.8 Å². The first-order valence-electron chi connectivity index (χ1n) is 15.5. The Kier molecular flexibility index (Phi) is 12.8. The smallest absolute Gasteiger partial charge is 0.254 e. The van der Waals surface area contributed by atoms with E-state index in [1.165, 1.54) is 11.1 Å².